The molecule has 1 unspecified atom stereocenters. The Bertz CT molecular complexity index is 728. The van der Waals surface area contributed by atoms with Crippen molar-refractivity contribution in [2.24, 2.45) is 5.92 Å². The molecule has 7 heteroatoms. The van der Waals surface area contributed by atoms with Gasteiger partial charge in [0.05, 0.1) is 5.69 Å². The number of anilines is 1. The summed E-state index contributed by atoms with van der Waals surface area (Å²) < 4.78 is 0. The van der Waals surface area contributed by atoms with E-state index in [0.717, 1.165) is 19.3 Å². The van der Waals surface area contributed by atoms with Gasteiger partial charge in [0, 0.05) is 32.0 Å². The largest absolute Gasteiger partial charge is 0.506 e. The molecule has 2 fully saturated rings. The second kappa shape index (κ2) is 9.08. The maximum Gasteiger partial charge on any atom is 0.245 e. The Balaban J connectivity index is 1.53. The zero-order valence-electron chi connectivity index (χ0n) is 16.4. The Hall–Kier alpha value is -2.57. The summed E-state index contributed by atoms with van der Waals surface area (Å²) in [4.78, 5) is 41.2. The number of phenolic OH excluding ortho intramolecular Hbond substituents is 1. The number of likely N-dealkylation sites (tertiary alicyclic amines) is 2. The third kappa shape index (κ3) is 4.46. The summed E-state index contributed by atoms with van der Waals surface area (Å²) >= 11 is 0. The monoisotopic (exact) mass is 387 g/mol. The van der Waals surface area contributed by atoms with E-state index in [2.05, 4.69) is 5.32 Å². The van der Waals surface area contributed by atoms with Gasteiger partial charge in [-0.25, -0.2) is 0 Å². The molecule has 2 aliphatic heterocycles. The van der Waals surface area contributed by atoms with Gasteiger partial charge in [0.1, 0.15) is 11.8 Å². The maximum absolute atomic E-state index is 12.9. The fourth-order valence-electron chi connectivity index (χ4n) is 4.07. The summed E-state index contributed by atoms with van der Waals surface area (Å²) in [6.45, 7) is 3.67. The Kier molecular flexibility index (Phi) is 6.54. The van der Waals surface area contributed by atoms with Crippen molar-refractivity contribution >= 4 is 23.4 Å². The van der Waals surface area contributed by atoms with Gasteiger partial charge >= 0.3 is 0 Å². The molecule has 2 heterocycles. The van der Waals surface area contributed by atoms with Crippen LogP contribution in [0.4, 0.5) is 5.69 Å². The van der Waals surface area contributed by atoms with Crippen molar-refractivity contribution in [3.8, 4) is 5.75 Å². The first-order valence-corrected chi connectivity index (χ1v) is 10.2. The lowest BCUT2D eigenvalue weighted by Crippen LogP contribution is -2.50. The van der Waals surface area contributed by atoms with Crippen molar-refractivity contribution in [2.45, 2.75) is 51.5 Å². The predicted octanol–water partition coefficient (Wildman–Crippen LogP) is 2.36. The summed E-state index contributed by atoms with van der Waals surface area (Å²) in [6, 6.07) is 6.31. The number of benzene rings is 1. The molecule has 0 aromatic heterocycles. The van der Waals surface area contributed by atoms with Gasteiger partial charge < -0.3 is 20.2 Å². The minimum atomic E-state index is -0.342. The lowest BCUT2D eigenvalue weighted by molar-refractivity contribution is -0.145. The Morgan fingerprint density at radius 2 is 1.82 bits per heavy atom. The van der Waals surface area contributed by atoms with E-state index < -0.39 is 0 Å². The molecule has 3 amide bonds. The average Bonchev–Trinajstić information content (AvgIpc) is 3.19. The van der Waals surface area contributed by atoms with Gasteiger partial charge in [-0.15, -0.1) is 0 Å². The Morgan fingerprint density at radius 1 is 1.11 bits per heavy atom. The van der Waals surface area contributed by atoms with Crippen molar-refractivity contribution < 1.29 is 19.5 Å². The number of aromatic hydroxyl groups is 1. The first kappa shape index (κ1) is 20.2. The number of hydrogen-bond acceptors (Lipinski definition) is 4. The predicted molar refractivity (Wildman–Crippen MR) is 106 cm³/mol. The fourth-order valence-corrected chi connectivity index (χ4v) is 4.07. The molecule has 7 nitrogen and oxygen atoms in total. The normalized spacial score (nSPS) is 20.2. The van der Waals surface area contributed by atoms with E-state index in [1.807, 2.05) is 6.92 Å². The number of para-hydroxylation sites is 2. The molecular weight excluding hydrogens is 358 g/mol. The smallest absolute Gasteiger partial charge is 0.245 e. The van der Waals surface area contributed by atoms with Gasteiger partial charge in [0.15, 0.2) is 0 Å². The van der Waals surface area contributed by atoms with Gasteiger partial charge in [-0.05, 0) is 44.2 Å². The van der Waals surface area contributed by atoms with Crippen LogP contribution < -0.4 is 5.32 Å². The van der Waals surface area contributed by atoms with Gasteiger partial charge in [-0.2, -0.15) is 0 Å². The van der Waals surface area contributed by atoms with Crippen molar-refractivity contribution in [1.29, 1.82) is 0 Å². The lowest BCUT2D eigenvalue weighted by atomic mass is 9.95. The van der Waals surface area contributed by atoms with E-state index in [4.69, 9.17) is 0 Å². The van der Waals surface area contributed by atoms with Crippen molar-refractivity contribution in [3.05, 3.63) is 24.3 Å². The molecule has 0 radical (unpaired) electrons. The molecular formula is C21H29N3O4. The standard InChI is InChI=1S/C21H29N3O4/c1-2-6-19(26)24-12-5-8-17(24)21(28)23-13-10-15(11-14-23)20(27)22-16-7-3-4-9-18(16)25/h3-4,7,9,15,17,25H,2,5-6,8,10-14H2,1H3,(H,22,27). The zero-order chi connectivity index (χ0) is 20.1. The second-order valence-electron chi connectivity index (χ2n) is 7.60. The number of nitrogens with one attached hydrogen (secondary N) is 1. The SMILES string of the molecule is CCCC(=O)N1CCCC1C(=O)N1CCC(C(=O)Nc2ccccc2O)CC1. The van der Waals surface area contributed by atoms with Crippen LogP contribution >= 0.6 is 0 Å². The molecule has 2 N–H and O–H groups in total. The highest BCUT2D eigenvalue weighted by atomic mass is 16.3. The number of piperidine rings is 1. The van der Waals surface area contributed by atoms with Gasteiger partial charge in [0.2, 0.25) is 17.7 Å². The molecule has 1 aromatic rings. The minimum Gasteiger partial charge on any atom is -0.506 e. The number of rotatable bonds is 5. The van der Waals surface area contributed by atoms with E-state index in [0.29, 0.717) is 44.6 Å². The van der Waals surface area contributed by atoms with Crippen LogP contribution in [0.1, 0.15) is 45.4 Å². The third-order valence-electron chi connectivity index (χ3n) is 5.66. The van der Waals surface area contributed by atoms with E-state index in [1.54, 1.807) is 28.0 Å². The second-order valence-corrected chi connectivity index (χ2v) is 7.60. The molecule has 1 atom stereocenters. The Morgan fingerprint density at radius 3 is 2.50 bits per heavy atom. The first-order valence-electron chi connectivity index (χ1n) is 10.2. The summed E-state index contributed by atoms with van der Waals surface area (Å²) in [6.07, 6.45) is 4.03. The molecule has 2 aliphatic rings. The summed E-state index contributed by atoms with van der Waals surface area (Å²) in [5, 5.41) is 12.6. The van der Waals surface area contributed by atoms with Crippen molar-refractivity contribution in [2.75, 3.05) is 25.0 Å². The number of nitrogens with zero attached hydrogens (tertiary/aromatic N) is 2. The van der Waals surface area contributed by atoms with Crippen LogP contribution in [-0.4, -0.2) is 58.3 Å². The van der Waals surface area contributed by atoms with E-state index in [9.17, 15) is 19.5 Å². The average molecular weight is 387 g/mol. The summed E-state index contributed by atoms with van der Waals surface area (Å²) in [7, 11) is 0. The molecule has 0 bridgehead atoms. The highest BCUT2D eigenvalue weighted by Gasteiger charge is 2.37. The molecule has 152 valence electrons. The summed E-state index contributed by atoms with van der Waals surface area (Å²) in [5.74, 6) is -0.197. The third-order valence-corrected chi connectivity index (χ3v) is 5.66. The maximum atomic E-state index is 12.9. The highest BCUT2D eigenvalue weighted by Crippen LogP contribution is 2.27. The van der Waals surface area contributed by atoms with Gasteiger partial charge in [0.25, 0.3) is 0 Å². The fraction of sp³-hybridized carbons (Fsp3) is 0.571. The number of carbonyl (C=O) groups excluding carboxylic acids is 3. The van der Waals surface area contributed by atoms with Crippen LogP contribution in [0.3, 0.4) is 0 Å². The van der Waals surface area contributed by atoms with Crippen LogP contribution in [0.25, 0.3) is 0 Å². The molecule has 1 aromatic carbocycles. The van der Waals surface area contributed by atoms with Crippen molar-refractivity contribution in [1.82, 2.24) is 9.80 Å². The molecule has 0 aliphatic carbocycles. The molecule has 28 heavy (non-hydrogen) atoms. The van der Waals surface area contributed by atoms with Crippen molar-refractivity contribution in [3.63, 3.8) is 0 Å². The number of carbonyl (C=O) groups is 3. The van der Waals surface area contributed by atoms with Crippen LogP contribution in [0, 0.1) is 5.92 Å². The van der Waals surface area contributed by atoms with Crippen LogP contribution in [0.5, 0.6) is 5.75 Å². The van der Waals surface area contributed by atoms with E-state index in [-0.39, 0.29) is 35.4 Å². The van der Waals surface area contributed by atoms with E-state index in [1.165, 1.54) is 6.07 Å². The topological polar surface area (TPSA) is 90.0 Å². The van der Waals surface area contributed by atoms with Gasteiger partial charge in [-0.1, -0.05) is 19.1 Å². The molecule has 0 spiro atoms. The molecule has 0 saturated carbocycles. The van der Waals surface area contributed by atoms with E-state index >= 15 is 0 Å². The summed E-state index contributed by atoms with van der Waals surface area (Å²) in [5.41, 5.74) is 0.405. The zero-order valence-corrected chi connectivity index (χ0v) is 16.4. The number of phenols is 1. The number of hydrogen-bond donors (Lipinski definition) is 2. The highest BCUT2D eigenvalue weighted by molar-refractivity contribution is 5.94. The van der Waals surface area contributed by atoms with Gasteiger partial charge in [-0.3, -0.25) is 14.4 Å². The quantitative estimate of drug-likeness (QED) is 0.759. The molecule has 2 saturated heterocycles. The Labute approximate surface area is 165 Å². The first-order chi connectivity index (χ1) is 13.5. The lowest BCUT2D eigenvalue weighted by Gasteiger charge is -2.35. The van der Waals surface area contributed by atoms with Crippen LogP contribution in [-0.2, 0) is 14.4 Å². The molecule has 3 rings (SSSR count). The number of amides is 3. The van der Waals surface area contributed by atoms with Crippen LogP contribution in [0.2, 0.25) is 0 Å². The minimum absolute atomic E-state index is 0.0153. The van der Waals surface area contributed by atoms with Crippen LogP contribution in [0.15, 0.2) is 24.3 Å².